The van der Waals surface area contributed by atoms with Crippen LogP contribution in [0.2, 0.25) is 0 Å². The van der Waals surface area contributed by atoms with Crippen LogP contribution in [0, 0.1) is 6.92 Å². The van der Waals surface area contributed by atoms with Crippen LogP contribution in [0.4, 0.5) is 11.4 Å². The van der Waals surface area contributed by atoms with Crippen molar-refractivity contribution >= 4 is 16.9 Å². The highest BCUT2D eigenvalue weighted by Gasteiger charge is 2.57. The van der Waals surface area contributed by atoms with Crippen molar-refractivity contribution in [3.8, 4) is 0 Å². The fourth-order valence-electron chi connectivity index (χ4n) is 7.43. The van der Waals surface area contributed by atoms with Crippen LogP contribution in [0.5, 0.6) is 0 Å². The molecule has 0 N–H and O–H groups in total. The second-order valence-electron chi connectivity index (χ2n) is 10.1. The van der Waals surface area contributed by atoms with Crippen LogP contribution in [0.25, 0.3) is 5.57 Å². The maximum Gasteiger partial charge on any atom is 0.0714 e. The Hall–Kier alpha value is -3.58. The first-order valence-corrected chi connectivity index (χ1v) is 12.2. The van der Waals surface area contributed by atoms with Gasteiger partial charge in [0.15, 0.2) is 0 Å². The summed E-state index contributed by atoms with van der Waals surface area (Å²) in [5.41, 5.74) is 14.3. The molecule has 3 aliphatic carbocycles. The van der Waals surface area contributed by atoms with Crippen molar-refractivity contribution in [1.29, 1.82) is 0 Å². The van der Waals surface area contributed by atoms with Crippen molar-refractivity contribution < 1.29 is 0 Å². The van der Waals surface area contributed by atoms with Gasteiger partial charge in [-0.25, -0.2) is 0 Å². The quantitative estimate of drug-likeness (QED) is 0.362. The van der Waals surface area contributed by atoms with Gasteiger partial charge in [0.2, 0.25) is 0 Å². The first kappa shape index (κ1) is 17.9. The first-order valence-electron chi connectivity index (χ1n) is 12.2. The van der Waals surface area contributed by atoms with Crippen molar-refractivity contribution in [2.24, 2.45) is 0 Å². The summed E-state index contributed by atoms with van der Waals surface area (Å²) in [5, 5.41) is 0. The van der Waals surface area contributed by atoms with E-state index >= 15 is 0 Å². The van der Waals surface area contributed by atoms with Crippen LogP contribution in [-0.2, 0) is 5.41 Å². The molecule has 1 spiro atoms. The molecule has 3 aromatic rings. The fraction of sp³-hybridized carbons (Fsp3) is 0.188. The molecule has 0 bridgehead atoms. The zero-order valence-electron chi connectivity index (χ0n) is 18.8. The highest BCUT2D eigenvalue weighted by Crippen LogP contribution is 2.67. The van der Waals surface area contributed by atoms with E-state index in [1.165, 1.54) is 50.3 Å². The summed E-state index contributed by atoms with van der Waals surface area (Å²) in [6, 6.07) is 23.9. The smallest absolute Gasteiger partial charge is 0.0714 e. The number of fused-ring (bicyclic) bond motifs is 12. The van der Waals surface area contributed by atoms with Gasteiger partial charge in [0.25, 0.3) is 0 Å². The van der Waals surface area contributed by atoms with Crippen LogP contribution < -0.4 is 4.90 Å². The lowest BCUT2D eigenvalue weighted by molar-refractivity contribution is 0.672. The molecule has 2 heterocycles. The van der Waals surface area contributed by atoms with E-state index in [2.05, 4.69) is 109 Å². The van der Waals surface area contributed by atoms with Gasteiger partial charge in [0.05, 0.1) is 17.1 Å². The molecule has 0 fully saturated rings. The molecular weight excluding hydrogens is 398 g/mol. The summed E-state index contributed by atoms with van der Waals surface area (Å²) in [6.45, 7) is 2.23. The molecule has 1 nitrogen and oxygen atoms in total. The average Bonchev–Trinajstić information content (AvgIpc) is 3.35. The maximum atomic E-state index is 2.67. The number of hydrogen-bond donors (Lipinski definition) is 0. The van der Waals surface area contributed by atoms with E-state index in [4.69, 9.17) is 0 Å². The van der Waals surface area contributed by atoms with E-state index in [1.54, 1.807) is 5.57 Å². The normalized spacial score (nSPS) is 26.9. The topological polar surface area (TPSA) is 3.24 Å². The highest BCUT2D eigenvalue weighted by atomic mass is 15.2. The number of allylic oxidation sites excluding steroid dienone is 6. The Kier molecular flexibility index (Phi) is 3.29. The van der Waals surface area contributed by atoms with E-state index in [9.17, 15) is 0 Å². The molecule has 5 aliphatic rings. The van der Waals surface area contributed by atoms with Crippen LogP contribution in [0.15, 0.2) is 103 Å². The lowest BCUT2D eigenvalue weighted by Crippen LogP contribution is -2.40. The highest BCUT2D eigenvalue weighted by molar-refractivity contribution is 6.00. The Morgan fingerprint density at radius 1 is 0.818 bits per heavy atom. The predicted molar refractivity (Wildman–Crippen MR) is 136 cm³/mol. The second kappa shape index (κ2) is 6.05. The molecule has 158 valence electrons. The minimum absolute atomic E-state index is 0.224. The van der Waals surface area contributed by atoms with Crippen molar-refractivity contribution in [2.45, 2.75) is 37.1 Å². The van der Waals surface area contributed by atoms with Crippen molar-refractivity contribution in [1.82, 2.24) is 0 Å². The molecule has 1 heteroatoms. The third-order valence-corrected chi connectivity index (χ3v) is 8.58. The Labute approximate surface area is 195 Å². The zero-order valence-corrected chi connectivity index (χ0v) is 18.8. The van der Waals surface area contributed by atoms with Crippen molar-refractivity contribution in [3.05, 3.63) is 136 Å². The molecule has 3 unspecified atom stereocenters. The largest absolute Gasteiger partial charge is 0.332 e. The number of anilines is 2. The first-order chi connectivity index (χ1) is 16.3. The van der Waals surface area contributed by atoms with E-state index in [1.807, 2.05) is 0 Å². The van der Waals surface area contributed by atoms with E-state index in [0.29, 0.717) is 12.0 Å². The van der Waals surface area contributed by atoms with Crippen molar-refractivity contribution in [3.63, 3.8) is 0 Å². The van der Waals surface area contributed by atoms with E-state index in [0.717, 1.165) is 12.8 Å². The number of rotatable bonds is 0. The van der Waals surface area contributed by atoms with E-state index < -0.39 is 0 Å². The third-order valence-electron chi connectivity index (χ3n) is 8.58. The number of benzene rings is 3. The molecule has 0 saturated carbocycles. The van der Waals surface area contributed by atoms with Gasteiger partial charge < -0.3 is 4.90 Å². The molecule has 3 aromatic carbocycles. The van der Waals surface area contributed by atoms with Gasteiger partial charge >= 0.3 is 0 Å². The minimum Gasteiger partial charge on any atom is -0.332 e. The Morgan fingerprint density at radius 3 is 2.64 bits per heavy atom. The lowest BCUT2D eigenvalue weighted by Gasteiger charge is -2.46. The number of para-hydroxylation sites is 1. The molecule has 8 rings (SSSR count). The van der Waals surface area contributed by atoms with Gasteiger partial charge in [-0.3, -0.25) is 0 Å². The van der Waals surface area contributed by atoms with Crippen LogP contribution >= 0.6 is 0 Å². The average molecular weight is 424 g/mol. The number of aryl methyl sites for hydroxylation is 1. The number of nitrogens with zero attached hydrogens (tertiary/aromatic N) is 1. The van der Waals surface area contributed by atoms with Gasteiger partial charge in [0.1, 0.15) is 0 Å². The van der Waals surface area contributed by atoms with Crippen LogP contribution in [0.3, 0.4) is 0 Å². The summed E-state index contributed by atoms with van der Waals surface area (Å²) < 4.78 is 0. The number of hydrogen-bond acceptors (Lipinski definition) is 1. The van der Waals surface area contributed by atoms with Gasteiger partial charge in [-0.1, -0.05) is 91.1 Å². The Bertz CT molecular complexity index is 1500. The summed E-state index contributed by atoms with van der Waals surface area (Å²) in [6.07, 6.45) is 16.1. The van der Waals surface area contributed by atoms with Gasteiger partial charge in [-0.05, 0) is 64.8 Å². The second-order valence-corrected chi connectivity index (χ2v) is 10.1. The van der Waals surface area contributed by atoms with Gasteiger partial charge in [-0.15, -0.1) is 0 Å². The summed E-state index contributed by atoms with van der Waals surface area (Å²) in [5.74, 6) is 0.451. The molecular formula is C32H25N. The Morgan fingerprint density at radius 2 is 1.67 bits per heavy atom. The Balaban J connectivity index is 1.58. The molecule has 0 amide bonds. The molecule has 0 saturated heterocycles. The van der Waals surface area contributed by atoms with Crippen LogP contribution in [-0.4, -0.2) is 6.04 Å². The maximum absolute atomic E-state index is 2.67. The predicted octanol–water partition coefficient (Wildman–Crippen LogP) is 7.49. The van der Waals surface area contributed by atoms with E-state index in [-0.39, 0.29) is 5.41 Å². The molecule has 0 aromatic heterocycles. The monoisotopic (exact) mass is 423 g/mol. The summed E-state index contributed by atoms with van der Waals surface area (Å²) in [7, 11) is 0. The third kappa shape index (κ3) is 1.97. The SMILES string of the molecule is Cc1ccc2c(c1)N1c3c(cccc3C23C2=CC=CCC2c2ccccc23)C2=CC=CCC21. The minimum atomic E-state index is -0.224. The standard InChI is InChI=1S/C32H25N/c1-20-17-18-27-30(19-20)33-29-16-7-4-11-23(29)24-12-8-15-28(31(24)33)32(27)25-13-5-2-9-21(25)22-10-3-6-14-26(22)32/h2-9,11-15,17-19,22,29H,10,16H2,1H3. The van der Waals surface area contributed by atoms with Crippen LogP contribution in [0.1, 0.15) is 52.1 Å². The van der Waals surface area contributed by atoms with Gasteiger partial charge in [0, 0.05) is 17.2 Å². The van der Waals surface area contributed by atoms with Gasteiger partial charge in [-0.2, -0.15) is 0 Å². The molecule has 3 atom stereocenters. The lowest BCUT2D eigenvalue weighted by atomic mass is 9.63. The zero-order chi connectivity index (χ0) is 21.7. The summed E-state index contributed by atoms with van der Waals surface area (Å²) >= 11 is 0. The fourth-order valence-corrected chi connectivity index (χ4v) is 7.43. The van der Waals surface area contributed by atoms with Crippen molar-refractivity contribution in [2.75, 3.05) is 4.90 Å². The molecule has 2 aliphatic heterocycles. The summed E-state index contributed by atoms with van der Waals surface area (Å²) in [4.78, 5) is 2.67. The molecule has 0 radical (unpaired) electrons. The molecule has 33 heavy (non-hydrogen) atoms.